The molecule has 0 radical (unpaired) electrons. The van der Waals surface area contributed by atoms with Crippen LogP contribution in [0.4, 0.5) is 0 Å². The molecule has 0 spiro atoms. The second-order valence-electron chi connectivity index (χ2n) is 8.80. The normalized spacial score (nSPS) is 34.1. The van der Waals surface area contributed by atoms with Crippen LogP contribution in [-0.4, -0.2) is 37.0 Å². The molecule has 4 bridgehead atoms. The lowest BCUT2D eigenvalue weighted by Gasteiger charge is -2.60. The Morgan fingerprint density at radius 2 is 2.11 bits per heavy atom. The summed E-state index contributed by atoms with van der Waals surface area (Å²) in [5.74, 6) is 1.51. The molecule has 4 saturated carbocycles. The standard InChI is InChI=1S/C19H25BrN6O/c20-17-22-13-26(24-17)19-10-14-7-15(11-19)9-18(8-14,12-19)16(27)21-3-1-5-25-6-2-4-23-25/h2,4,6,13-15H,1,3,5,7-12H2,(H,21,27). The highest BCUT2D eigenvalue weighted by molar-refractivity contribution is 9.10. The minimum Gasteiger partial charge on any atom is -0.356 e. The number of nitrogens with one attached hydrogen (secondary N) is 1. The molecule has 2 aromatic rings. The van der Waals surface area contributed by atoms with Crippen molar-refractivity contribution >= 4 is 21.8 Å². The van der Waals surface area contributed by atoms with Gasteiger partial charge in [-0.15, -0.1) is 5.10 Å². The first-order chi connectivity index (χ1) is 13.1. The fraction of sp³-hybridized carbons (Fsp3) is 0.684. The maximum Gasteiger partial charge on any atom is 0.226 e. The van der Waals surface area contributed by atoms with Gasteiger partial charge in [0, 0.05) is 25.5 Å². The Morgan fingerprint density at radius 3 is 2.78 bits per heavy atom. The van der Waals surface area contributed by atoms with Crippen molar-refractivity contribution in [2.24, 2.45) is 17.3 Å². The zero-order valence-corrected chi connectivity index (χ0v) is 16.9. The molecule has 0 aliphatic heterocycles. The highest BCUT2D eigenvalue weighted by Gasteiger charge is 2.61. The topological polar surface area (TPSA) is 77.6 Å². The molecular weight excluding hydrogens is 408 g/mol. The van der Waals surface area contributed by atoms with Crippen LogP contribution in [0.1, 0.15) is 44.9 Å². The highest BCUT2D eigenvalue weighted by atomic mass is 79.9. The van der Waals surface area contributed by atoms with Crippen LogP contribution in [0.25, 0.3) is 0 Å². The van der Waals surface area contributed by atoms with Crippen molar-refractivity contribution in [1.29, 1.82) is 0 Å². The average molecular weight is 433 g/mol. The average Bonchev–Trinajstić information content (AvgIpc) is 3.29. The van der Waals surface area contributed by atoms with Crippen molar-refractivity contribution in [3.63, 3.8) is 0 Å². The van der Waals surface area contributed by atoms with E-state index in [0.29, 0.717) is 23.1 Å². The monoisotopic (exact) mass is 432 g/mol. The number of hydrogen-bond donors (Lipinski definition) is 1. The van der Waals surface area contributed by atoms with Crippen molar-refractivity contribution in [2.75, 3.05) is 6.54 Å². The lowest BCUT2D eigenvalue weighted by molar-refractivity contribution is -0.156. The molecule has 7 nitrogen and oxygen atoms in total. The molecule has 0 saturated heterocycles. The molecule has 27 heavy (non-hydrogen) atoms. The number of aryl methyl sites for hydroxylation is 1. The van der Waals surface area contributed by atoms with E-state index in [-0.39, 0.29) is 16.9 Å². The van der Waals surface area contributed by atoms with Gasteiger partial charge in [0.25, 0.3) is 0 Å². The number of carbonyl (C=O) groups is 1. The van der Waals surface area contributed by atoms with Gasteiger partial charge in [-0.2, -0.15) is 5.10 Å². The fourth-order valence-electron chi connectivity index (χ4n) is 6.28. The van der Waals surface area contributed by atoms with Crippen molar-refractivity contribution < 1.29 is 4.79 Å². The van der Waals surface area contributed by atoms with Crippen LogP contribution in [0.2, 0.25) is 0 Å². The molecule has 2 unspecified atom stereocenters. The van der Waals surface area contributed by atoms with E-state index >= 15 is 0 Å². The molecule has 6 rings (SSSR count). The summed E-state index contributed by atoms with van der Waals surface area (Å²) in [7, 11) is 0. The summed E-state index contributed by atoms with van der Waals surface area (Å²) >= 11 is 3.38. The van der Waals surface area contributed by atoms with Gasteiger partial charge in [0.1, 0.15) is 6.33 Å². The Balaban J connectivity index is 1.29. The largest absolute Gasteiger partial charge is 0.356 e. The summed E-state index contributed by atoms with van der Waals surface area (Å²) in [6, 6.07) is 1.93. The van der Waals surface area contributed by atoms with E-state index < -0.39 is 0 Å². The molecule has 2 aromatic heterocycles. The molecule has 4 aliphatic rings. The molecule has 4 fully saturated rings. The van der Waals surface area contributed by atoms with Gasteiger partial charge in [0.15, 0.2) is 0 Å². The third kappa shape index (κ3) is 3.02. The Bertz CT molecular complexity index is 817. The van der Waals surface area contributed by atoms with Gasteiger partial charge < -0.3 is 5.32 Å². The van der Waals surface area contributed by atoms with Crippen LogP contribution in [0.3, 0.4) is 0 Å². The Morgan fingerprint density at radius 1 is 1.30 bits per heavy atom. The molecule has 0 aromatic carbocycles. The highest BCUT2D eigenvalue weighted by Crippen LogP contribution is 2.64. The number of amides is 1. The summed E-state index contributed by atoms with van der Waals surface area (Å²) in [6.45, 7) is 1.54. The second kappa shape index (κ2) is 6.43. The molecule has 8 heteroatoms. The van der Waals surface area contributed by atoms with Crippen LogP contribution in [-0.2, 0) is 16.9 Å². The number of nitrogens with zero attached hydrogens (tertiary/aromatic N) is 5. The predicted octanol–water partition coefficient (Wildman–Crippen LogP) is 2.74. The summed E-state index contributed by atoms with van der Waals surface area (Å²) < 4.78 is 4.60. The van der Waals surface area contributed by atoms with Gasteiger partial charge >= 0.3 is 0 Å². The van der Waals surface area contributed by atoms with Crippen LogP contribution in [0, 0.1) is 17.3 Å². The van der Waals surface area contributed by atoms with Crippen LogP contribution >= 0.6 is 15.9 Å². The zero-order valence-electron chi connectivity index (χ0n) is 15.4. The van der Waals surface area contributed by atoms with E-state index in [1.165, 1.54) is 6.42 Å². The van der Waals surface area contributed by atoms with E-state index in [1.807, 2.05) is 28.0 Å². The van der Waals surface area contributed by atoms with Crippen LogP contribution in [0.5, 0.6) is 0 Å². The van der Waals surface area contributed by atoms with Gasteiger partial charge in [0.2, 0.25) is 10.6 Å². The minimum atomic E-state index is -0.228. The van der Waals surface area contributed by atoms with Gasteiger partial charge in [-0.05, 0) is 78.8 Å². The smallest absolute Gasteiger partial charge is 0.226 e. The fourth-order valence-corrected chi connectivity index (χ4v) is 6.54. The number of carbonyl (C=O) groups excluding carboxylic acids is 1. The van der Waals surface area contributed by atoms with Crippen molar-refractivity contribution in [1.82, 2.24) is 29.9 Å². The lowest BCUT2D eigenvalue weighted by Crippen LogP contribution is -2.61. The van der Waals surface area contributed by atoms with Gasteiger partial charge in [-0.1, -0.05) is 0 Å². The first-order valence-electron chi connectivity index (χ1n) is 9.90. The maximum atomic E-state index is 13.2. The first-order valence-corrected chi connectivity index (χ1v) is 10.7. The lowest BCUT2D eigenvalue weighted by atomic mass is 9.46. The third-order valence-corrected chi connectivity index (χ3v) is 7.23. The molecule has 2 atom stereocenters. The molecule has 1 amide bonds. The summed E-state index contributed by atoms with van der Waals surface area (Å²) in [5.41, 5.74) is -0.260. The molecule has 1 N–H and O–H groups in total. The van der Waals surface area contributed by atoms with Crippen LogP contribution in [0.15, 0.2) is 29.5 Å². The predicted molar refractivity (Wildman–Crippen MR) is 103 cm³/mol. The SMILES string of the molecule is O=C(NCCCn1cccn1)C12CC3CC(C1)CC(n1cnc(Br)n1)(C3)C2. The Kier molecular flexibility index (Phi) is 4.14. The van der Waals surface area contributed by atoms with Crippen LogP contribution < -0.4 is 5.32 Å². The summed E-state index contributed by atoms with van der Waals surface area (Å²) in [4.78, 5) is 17.5. The third-order valence-electron chi connectivity index (χ3n) is 6.87. The number of rotatable bonds is 6. The van der Waals surface area contributed by atoms with E-state index in [9.17, 15) is 4.79 Å². The van der Waals surface area contributed by atoms with Crippen molar-refractivity contribution in [3.05, 3.63) is 29.5 Å². The van der Waals surface area contributed by atoms with Crippen molar-refractivity contribution in [3.8, 4) is 0 Å². The maximum absolute atomic E-state index is 13.2. The summed E-state index contributed by atoms with van der Waals surface area (Å²) in [5, 5.41) is 12.0. The molecular formula is C19H25BrN6O. The number of hydrogen-bond acceptors (Lipinski definition) is 4. The van der Waals surface area contributed by atoms with Gasteiger partial charge in [-0.25, -0.2) is 9.67 Å². The van der Waals surface area contributed by atoms with E-state index in [4.69, 9.17) is 0 Å². The van der Waals surface area contributed by atoms with E-state index in [0.717, 1.165) is 45.1 Å². The first kappa shape index (κ1) is 17.4. The van der Waals surface area contributed by atoms with E-state index in [2.05, 4.69) is 36.4 Å². The van der Waals surface area contributed by atoms with Gasteiger partial charge in [-0.3, -0.25) is 9.48 Å². The number of aromatic nitrogens is 5. The quantitative estimate of drug-likeness (QED) is 0.711. The minimum absolute atomic E-state index is 0.0322. The Hall–Kier alpha value is -1.70. The summed E-state index contributed by atoms with van der Waals surface area (Å²) in [6.07, 6.45) is 13.0. The second-order valence-corrected chi connectivity index (χ2v) is 9.51. The zero-order chi connectivity index (χ0) is 18.5. The van der Waals surface area contributed by atoms with E-state index in [1.54, 1.807) is 6.20 Å². The molecule has 144 valence electrons. The van der Waals surface area contributed by atoms with Crippen molar-refractivity contribution in [2.45, 2.75) is 57.0 Å². The molecule has 2 heterocycles. The molecule has 4 aliphatic carbocycles. The Labute approximate surface area is 167 Å². The van der Waals surface area contributed by atoms with Gasteiger partial charge in [0.05, 0.1) is 11.0 Å². The number of halogens is 1.